The third-order valence-corrected chi connectivity index (χ3v) is 4.00. The number of hydrogen-bond donors (Lipinski definition) is 1. The van der Waals surface area contributed by atoms with Crippen molar-refractivity contribution in [3.8, 4) is 12.3 Å². The molecule has 1 aromatic carbocycles. The Labute approximate surface area is 120 Å². The summed E-state index contributed by atoms with van der Waals surface area (Å²) in [6, 6.07) is 7.16. The first kappa shape index (κ1) is 16.1. The van der Waals surface area contributed by atoms with Crippen LogP contribution in [0.25, 0.3) is 0 Å². The van der Waals surface area contributed by atoms with Crippen molar-refractivity contribution in [2.75, 3.05) is 12.3 Å². The number of nitrogens with one attached hydrogen (secondary N) is 1. The van der Waals surface area contributed by atoms with Gasteiger partial charge in [-0.15, -0.1) is 24.1 Å². The Morgan fingerprint density at radius 2 is 2.11 bits per heavy atom. The quantitative estimate of drug-likeness (QED) is 0.415. The summed E-state index contributed by atoms with van der Waals surface area (Å²) in [5, 5.41) is 3.55. The largest absolute Gasteiger partial charge is 0.313 e. The van der Waals surface area contributed by atoms with Crippen molar-refractivity contribution in [1.82, 2.24) is 5.32 Å². The number of halogens is 1. The van der Waals surface area contributed by atoms with Gasteiger partial charge in [-0.1, -0.05) is 6.92 Å². The molecule has 0 aliphatic carbocycles. The van der Waals surface area contributed by atoms with Crippen LogP contribution in [0.3, 0.4) is 0 Å². The van der Waals surface area contributed by atoms with Crippen molar-refractivity contribution < 1.29 is 4.39 Å². The Morgan fingerprint density at radius 1 is 1.37 bits per heavy atom. The third kappa shape index (κ3) is 7.25. The van der Waals surface area contributed by atoms with Crippen LogP contribution in [0, 0.1) is 18.2 Å². The highest BCUT2D eigenvalue weighted by molar-refractivity contribution is 7.99. The van der Waals surface area contributed by atoms with Gasteiger partial charge in [0.1, 0.15) is 5.82 Å². The topological polar surface area (TPSA) is 12.0 Å². The Hall–Kier alpha value is -0.980. The third-order valence-electron chi connectivity index (χ3n) is 2.82. The number of terminal acetylenes is 1. The molecule has 0 bridgehead atoms. The minimum Gasteiger partial charge on any atom is -0.313 e. The highest BCUT2D eigenvalue weighted by atomic mass is 32.2. The molecule has 19 heavy (non-hydrogen) atoms. The molecule has 104 valence electrons. The second kappa shape index (κ2) is 9.89. The first-order valence-electron chi connectivity index (χ1n) is 6.81. The van der Waals surface area contributed by atoms with Gasteiger partial charge in [-0.3, -0.25) is 0 Å². The minimum atomic E-state index is -0.181. The predicted molar refractivity (Wildman–Crippen MR) is 81.9 cm³/mol. The van der Waals surface area contributed by atoms with E-state index >= 15 is 0 Å². The maximum absolute atomic E-state index is 12.8. The van der Waals surface area contributed by atoms with Gasteiger partial charge in [-0.25, -0.2) is 4.39 Å². The molecule has 0 radical (unpaired) electrons. The van der Waals surface area contributed by atoms with Crippen LogP contribution >= 0.6 is 11.8 Å². The lowest BCUT2D eigenvalue weighted by Crippen LogP contribution is -2.31. The van der Waals surface area contributed by atoms with E-state index < -0.39 is 0 Å². The normalized spacial score (nSPS) is 12.1. The van der Waals surface area contributed by atoms with Crippen LogP contribution in [0.2, 0.25) is 0 Å². The van der Waals surface area contributed by atoms with Crippen LogP contribution in [0.15, 0.2) is 29.2 Å². The first-order chi connectivity index (χ1) is 9.26. The van der Waals surface area contributed by atoms with Crippen LogP contribution in [0.4, 0.5) is 4.39 Å². The Morgan fingerprint density at radius 3 is 2.74 bits per heavy atom. The number of thioether (sulfide) groups is 1. The average molecular weight is 279 g/mol. The Bertz CT molecular complexity index is 383. The molecule has 0 aromatic heterocycles. The van der Waals surface area contributed by atoms with E-state index in [0.29, 0.717) is 6.04 Å². The summed E-state index contributed by atoms with van der Waals surface area (Å²) in [7, 11) is 0. The molecule has 3 heteroatoms. The van der Waals surface area contributed by atoms with Crippen LogP contribution in [0.1, 0.15) is 32.6 Å². The van der Waals surface area contributed by atoms with Gasteiger partial charge in [0.2, 0.25) is 0 Å². The molecule has 1 unspecified atom stereocenters. The fraction of sp³-hybridized carbons (Fsp3) is 0.500. The zero-order valence-electron chi connectivity index (χ0n) is 11.5. The van der Waals surface area contributed by atoms with Gasteiger partial charge < -0.3 is 5.32 Å². The summed E-state index contributed by atoms with van der Waals surface area (Å²) in [5.74, 6) is 3.50. The molecule has 1 atom stereocenters. The first-order valence-corrected chi connectivity index (χ1v) is 7.80. The van der Waals surface area contributed by atoms with Crippen molar-refractivity contribution in [1.29, 1.82) is 0 Å². The maximum Gasteiger partial charge on any atom is 0.123 e. The summed E-state index contributed by atoms with van der Waals surface area (Å²) < 4.78 is 12.8. The zero-order chi connectivity index (χ0) is 13.9. The van der Waals surface area contributed by atoms with Crippen molar-refractivity contribution in [2.45, 2.75) is 43.5 Å². The van der Waals surface area contributed by atoms with E-state index in [9.17, 15) is 4.39 Å². The molecule has 0 spiro atoms. The van der Waals surface area contributed by atoms with Crippen LogP contribution < -0.4 is 5.32 Å². The van der Waals surface area contributed by atoms with Gasteiger partial charge in [0.15, 0.2) is 0 Å². The number of unbranched alkanes of at least 4 members (excludes halogenated alkanes) is 1. The molecular weight excluding hydrogens is 257 g/mol. The standard InChI is InChI=1S/C16H22FNS/c1-3-5-6-7-15(18-12-4-2)13-19-16-10-8-14(17)9-11-16/h1,8-11,15,18H,4-7,12-13H2,2H3. The summed E-state index contributed by atoms with van der Waals surface area (Å²) in [4.78, 5) is 1.11. The lowest BCUT2D eigenvalue weighted by molar-refractivity contribution is 0.508. The van der Waals surface area contributed by atoms with E-state index in [4.69, 9.17) is 6.42 Å². The summed E-state index contributed by atoms with van der Waals surface area (Å²) >= 11 is 1.76. The molecule has 0 aliphatic heterocycles. The van der Waals surface area contributed by atoms with Crippen molar-refractivity contribution >= 4 is 11.8 Å². The molecule has 0 saturated carbocycles. The summed E-state index contributed by atoms with van der Waals surface area (Å²) in [6.45, 7) is 3.20. The molecule has 0 amide bonds. The van der Waals surface area contributed by atoms with Crippen LogP contribution in [0.5, 0.6) is 0 Å². The van der Waals surface area contributed by atoms with Gasteiger partial charge in [0.05, 0.1) is 0 Å². The molecule has 1 aromatic rings. The Balaban J connectivity index is 2.38. The Kier molecular flexibility index (Phi) is 8.36. The molecule has 0 aliphatic rings. The van der Waals surface area contributed by atoms with Gasteiger partial charge in [-0.05, 0) is 50.1 Å². The van der Waals surface area contributed by atoms with Crippen molar-refractivity contribution in [3.63, 3.8) is 0 Å². The summed E-state index contributed by atoms with van der Waals surface area (Å²) in [6.07, 6.45) is 9.41. The van der Waals surface area contributed by atoms with Gasteiger partial charge >= 0.3 is 0 Å². The lowest BCUT2D eigenvalue weighted by atomic mass is 10.1. The molecule has 0 fully saturated rings. The SMILES string of the molecule is C#CCCCC(CSc1ccc(F)cc1)NCCC. The monoisotopic (exact) mass is 279 g/mol. The second-order valence-corrected chi connectivity index (χ2v) is 5.61. The van der Waals surface area contributed by atoms with Crippen LogP contribution in [-0.2, 0) is 0 Å². The highest BCUT2D eigenvalue weighted by Crippen LogP contribution is 2.20. The number of rotatable bonds is 9. The molecule has 1 nitrogen and oxygen atoms in total. The van der Waals surface area contributed by atoms with Gasteiger partial charge in [0, 0.05) is 23.1 Å². The van der Waals surface area contributed by atoms with E-state index in [1.165, 1.54) is 12.1 Å². The lowest BCUT2D eigenvalue weighted by Gasteiger charge is -2.17. The van der Waals surface area contributed by atoms with Crippen LogP contribution in [-0.4, -0.2) is 18.3 Å². The molecular formula is C16H22FNS. The predicted octanol–water partition coefficient (Wildman–Crippen LogP) is 4.09. The fourth-order valence-corrected chi connectivity index (χ4v) is 2.78. The minimum absolute atomic E-state index is 0.181. The summed E-state index contributed by atoms with van der Waals surface area (Å²) in [5.41, 5.74) is 0. The second-order valence-electron chi connectivity index (χ2n) is 4.51. The van der Waals surface area contributed by atoms with Gasteiger partial charge in [-0.2, -0.15) is 0 Å². The molecule has 1 rings (SSSR count). The van der Waals surface area contributed by atoms with E-state index in [1.807, 2.05) is 12.1 Å². The average Bonchev–Trinajstić information content (AvgIpc) is 2.43. The van der Waals surface area contributed by atoms with E-state index in [0.717, 1.165) is 42.9 Å². The number of benzene rings is 1. The van der Waals surface area contributed by atoms with Crippen molar-refractivity contribution in [2.24, 2.45) is 0 Å². The zero-order valence-corrected chi connectivity index (χ0v) is 12.3. The molecule has 0 heterocycles. The smallest absolute Gasteiger partial charge is 0.123 e. The highest BCUT2D eigenvalue weighted by Gasteiger charge is 2.08. The number of hydrogen-bond acceptors (Lipinski definition) is 2. The van der Waals surface area contributed by atoms with E-state index in [-0.39, 0.29) is 5.82 Å². The van der Waals surface area contributed by atoms with Crippen molar-refractivity contribution in [3.05, 3.63) is 30.1 Å². The fourth-order valence-electron chi connectivity index (χ4n) is 1.77. The van der Waals surface area contributed by atoms with E-state index in [2.05, 4.69) is 18.2 Å². The van der Waals surface area contributed by atoms with E-state index in [1.54, 1.807) is 11.8 Å². The molecule has 0 saturated heterocycles. The van der Waals surface area contributed by atoms with Gasteiger partial charge in [0.25, 0.3) is 0 Å². The molecule has 1 N–H and O–H groups in total. The maximum atomic E-state index is 12.8.